The van der Waals surface area contributed by atoms with Crippen molar-refractivity contribution in [1.29, 1.82) is 0 Å². The van der Waals surface area contributed by atoms with Crippen LogP contribution in [-0.4, -0.2) is 68.4 Å². The molecule has 0 radical (unpaired) electrons. The lowest BCUT2D eigenvalue weighted by atomic mass is 10.3. The minimum atomic E-state index is -0.308. The predicted octanol–water partition coefficient (Wildman–Crippen LogP) is -0.0686. The number of hydrogen-bond donors (Lipinski definition) is 1. The van der Waals surface area contributed by atoms with Crippen molar-refractivity contribution in [2.24, 2.45) is 0 Å². The number of nitrogens with zero attached hydrogens (tertiary/aromatic N) is 3. The number of likely N-dealkylation sites (tertiary alicyclic amines) is 1. The third-order valence-corrected chi connectivity index (χ3v) is 5.45. The van der Waals surface area contributed by atoms with E-state index in [0.717, 1.165) is 9.60 Å². The van der Waals surface area contributed by atoms with Gasteiger partial charge in [0.25, 0.3) is 0 Å². The number of thiazole rings is 1. The number of anilines is 1. The van der Waals surface area contributed by atoms with Crippen LogP contribution in [0.25, 0.3) is 10.2 Å². The lowest BCUT2D eigenvalue weighted by Gasteiger charge is -2.23. The number of rotatable bonds is 7. The first-order valence-corrected chi connectivity index (χ1v) is 9.58. The number of hydrogen-bond acceptors (Lipinski definition) is 6. The molecule has 0 spiro atoms. The normalized spacial score (nSPS) is 14.4. The number of benzene rings is 1. The van der Waals surface area contributed by atoms with Gasteiger partial charge in [0, 0.05) is 12.8 Å². The van der Waals surface area contributed by atoms with Gasteiger partial charge in [-0.05, 0) is 12.1 Å². The Morgan fingerprint density at radius 2 is 2.00 bits per heavy atom. The van der Waals surface area contributed by atoms with Crippen LogP contribution in [0, 0.1) is 0 Å². The highest BCUT2D eigenvalue weighted by atomic mass is 32.1. The van der Waals surface area contributed by atoms with E-state index in [1.807, 2.05) is 32.3 Å². The monoisotopic (exact) mass is 391 g/mol. The van der Waals surface area contributed by atoms with Gasteiger partial charge >= 0.3 is 0 Å². The molecule has 0 saturated carbocycles. The van der Waals surface area contributed by atoms with Crippen molar-refractivity contribution in [3.8, 4) is 5.75 Å². The summed E-state index contributed by atoms with van der Waals surface area (Å²) in [6.45, 7) is 0.910. The third-order valence-electron chi connectivity index (χ3n) is 4.41. The lowest BCUT2D eigenvalue weighted by molar-refractivity contribution is -0.856. The predicted molar refractivity (Wildman–Crippen MR) is 102 cm³/mol. The first-order valence-electron chi connectivity index (χ1n) is 8.77. The van der Waals surface area contributed by atoms with Gasteiger partial charge in [-0.1, -0.05) is 17.4 Å². The summed E-state index contributed by atoms with van der Waals surface area (Å²) in [5.41, 5.74) is 0.698. The molecule has 144 valence electrons. The molecule has 2 heterocycles. The van der Waals surface area contributed by atoms with E-state index in [1.54, 1.807) is 12.0 Å². The number of methoxy groups -OCH3 is 1. The van der Waals surface area contributed by atoms with Crippen LogP contribution in [0.3, 0.4) is 0 Å². The number of nitrogens with one attached hydrogen (secondary N) is 1. The van der Waals surface area contributed by atoms with Crippen LogP contribution in [0.5, 0.6) is 5.75 Å². The zero-order valence-corrected chi connectivity index (χ0v) is 16.5. The molecule has 1 aromatic heterocycles. The second-order valence-electron chi connectivity index (χ2n) is 6.68. The number of carbonyl (C=O) groups excluding carboxylic acids is 3. The Morgan fingerprint density at radius 3 is 2.63 bits per heavy atom. The van der Waals surface area contributed by atoms with Gasteiger partial charge in [0.1, 0.15) is 17.8 Å². The summed E-state index contributed by atoms with van der Waals surface area (Å²) in [5.74, 6) is -0.251. The van der Waals surface area contributed by atoms with Crippen LogP contribution in [-0.2, 0) is 14.4 Å². The second kappa shape index (κ2) is 8.01. The SMILES string of the molecule is COc1cccc2sc(N(CC[NH+](C)C)C(=O)CN3C(=O)CCC3=O)nc12. The van der Waals surface area contributed by atoms with Gasteiger partial charge in [0.2, 0.25) is 17.7 Å². The number of carbonyl (C=O) groups is 3. The number of fused-ring (bicyclic) bond motifs is 1. The molecule has 1 aliphatic heterocycles. The van der Waals surface area contributed by atoms with Crippen LogP contribution in [0.1, 0.15) is 12.8 Å². The minimum absolute atomic E-state index is 0.173. The second-order valence-corrected chi connectivity index (χ2v) is 7.69. The average Bonchev–Trinajstić information content (AvgIpc) is 3.19. The van der Waals surface area contributed by atoms with Gasteiger partial charge in [-0.2, -0.15) is 0 Å². The maximum Gasteiger partial charge on any atom is 0.249 e. The average molecular weight is 391 g/mol. The van der Waals surface area contributed by atoms with E-state index < -0.39 is 0 Å². The highest BCUT2D eigenvalue weighted by Crippen LogP contribution is 2.34. The Bertz CT molecular complexity index is 863. The van der Waals surface area contributed by atoms with Crippen LogP contribution in [0.15, 0.2) is 18.2 Å². The van der Waals surface area contributed by atoms with Gasteiger partial charge in [0.05, 0.1) is 39.0 Å². The van der Waals surface area contributed by atoms with Crippen molar-refractivity contribution in [1.82, 2.24) is 9.88 Å². The largest absolute Gasteiger partial charge is 0.494 e. The summed E-state index contributed by atoms with van der Waals surface area (Å²) in [6, 6.07) is 5.62. The summed E-state index contributed by atoms with van der Waals surface area (Å²) in [4.78, 5) is 45.1. The fraction of sp³-hybridized carbons (Fsp3) is 0.444. The number of imide groups is 1. The molecular formula is C18H23N4O4S+. The molecule has 0 unspecified atom stereocenters. The van der Waals surface area contributed by atoms with Gasteiger partial charge in [-0.25, -0.2) is 4.98 Å². The van der Waals surface area contributed by atoms with Crippen LogP contribution in [0.4, 0.5) is 5.13 Å². The van der Waals surface area contributed by atoms with Gasteiger partial charge in [-0.3, -0.25) is 24.2 Å². The molecule has 3 rings (SSSR count). The van der Waals surface area contributed by atoms with Crippen LogP contribution >= 0.6 is 11.3 Å². The number of ether oxygens (including phenoxy) is 1. The molecule has 2 aromatic rings. The molecular weight excluding hydrogens is 368 g/mol. The van der Waals surface area contributed by atoms with E-state index in [4.69, 9.17) is 4.74 Å². The van der Waals surface area contributed by atoms with Gasteiger partial charge in [0.15, 0.2) is 5.13 Å². The molecule has 0 atom stereocenters. The summed E-state index contributed by atoms with van der Waals surface area (Å²) >= 11 is 1.39. The third kappa shape index (κ3) is 4.09. The number of aromatic nitrogens is 1. The first kappa shape index (κ1) is 19.2. The highest BCUT2D eigenvalue weighted by molar-refractivity contribution is 7.22. The summed E-state index contributed by atoms with van der Waals surface area (Å²) in [6.07, 6.45) is 0.346. The Morgan fingerprint density at radius 1 is 1.30 bits per heavy atom. The molecule has 0 aliphatic carbocycles. The lowest BCUT2D eigenvalue weighted by Crippen LogP contribution is -3.06. The smallest absolute Gasteiger partial charge is 0.249 e. The molecule has 3 amide bonds. The van der Waals surface area contributed by atoms with Crippen molar-refractivity contribution in [2.45, 2.75) is 12.8 Å². The Kier molecular flexibility index (Phi) is 5.71. The maximum atomic E-state index is 12.9. The van der Waals surface area contributed by atoms with Crippen molar-refractivity contribution in [3.05, 3.63) is 18.2 Å². The number of quaternary nitrogens is 1. The van der Waals surface area contributed by atoms with Crippen LogP contribution in [0.2, 0.25) is 0 Å². The Labute approximate surface area is 161 Å². The van der Waals surface area contributed by atoms with Crippen molar-refractivity contribution in [3.63, 3.8) is 0 Å². The molecule has 1 saturated heterocycles. The zero-order valence-electron chi connectivity index (χ0n) is 15.7. The van der Waals surface area contributed by atoms with E-state index in [-0.39, 0.29) is 37.1 Å². The Balaban J connectivity index is 1.89. The molecule has 27 heavy (non-hydrogen) atoms. The summed E-state index contributed by atoms with van der Waals surface area (Å²) in [7, 11) is 5.58. The van der Waals surface area contributed by atoms with Crippen molar-refractivity contribution in [2.75, 3.05) is 45.7 Å². The van der Waals surface area contributed by atoms with Crippen molar-refractivity contribution >= 4 is 44.4 Å². The molecule has 9 heteroatoms. The topological polar surface area (TPSA) is 84.3 Å². The Hall–Kier alpha value is -2.52. The molecule has 8 nitrogen and oxygen atoms in total. The number of likely N-dealkylation sites (N-methyl/N-ethyl adjacent to an activating group) is 1. The standard InChI is InChI=1S/C18H22N4O4S/c1-20(2)9-10-21(16(25)11-22-14(23)7-8-15(22)24)18-19-17-12(26-3)5-4-6-13(17)27-18/h4-6H,7-11H2,1-3H3/p+1. The fourth-order valence-corrected chi connectivity index (χ4v) is 3.90. The number of amides is 3. The van der Waals surface area contributed by atoms with Gasteiger partial charge in [-0.15, -0.1) is 0 Å². The van der Waals surface area contributed by atoms with E-state index in [1.165, 1.54) is 16.2 Å². The zero-order chi connectivity index (χ0) is 19.6. The quantitative estimate of drug-likeness (QED) is 0.668. The highest BCUT2D eigenvalue weighted by Gasteiger charge is 2.33. The van der Waals surface area contributed by atoms with E-state index in [9.17, 15) is 14.4 Å². The molecule has 1 aliphatic rings. The first-order chi connectivity index (χ1) is 12.9. The maximum absolute atomic E-state index is 12.9. The summed E-state index contributed by atoms with van der Waals surface area (Å²) < 4.78 is 6.26. The summed E-state index contributed by atoms with van der Waals surface area (Å²) in [5, 5.41) is 0.542. The molecule has 1 aromatic carbocycles. The van der Waals surface area contributed by atoms with E-state index in [0.29, 0.717) is 29.5 Å². The minimum Gasteiger partial charge on any atom is -0.494 e. The molecule has 1 fully saturated rings. The molecule has 1 N–H and O–H groups in total. The van der Waals surface area contributed by atoms with E-state index in [2.05, 4.69) is 4.98 Å². The molecule has 0 bridgehead atoms. The number of para-hydroxylation sites is 1. The van der Waals surface area contributed by atoms with Crippen molar-refractivity contribution < 1.29 is 24.0 Å². The van der Waals surface area contributed by atoms with Crippen LogP contribution < -0.4 is 14.5 Å². The van der Waals surface area contributed by atoms with Gasteiger partial charge < -0.3 is 9.64 Å². The van der Waals surface area contributed by atoms with E-state index >= 15 is 0 Å². The fourth-order valence-electron chi connectivity index (χ4n) is 2.87.